The van der Waals surface area contributed by atoms with Gasteiger partial charge in [0.05, 0.1) is 16.6 Å². The zero-order chi connectivity index (χ0) is 17.7. The van der Waals surface area contributed by atoms with Crippen molar-refractivity contribution in [2.45, 2.75) is 26.3 Å². The summed E-state index contributed by atoms with van der Waals surface area (Å²) in [6.45, 7) is 4.53. The molecule has 0 fully saturated rings. The number of H-pyrrole nitrogens is 1. The van der Waals surface area contributed by atoms with Crippen molar-refractivity contribution in [2.75, 3.05) is 6.54 Å². The number of hydrogen-bond acceptors (Lipinski definition) is 3. The molecule has 1 amide bonds. The third kappa shape index (κ3) is 2.48. The summed E-state index contributed by atoms with van der Waals surface area (Å²) in [5, 5.41) is 0.333. The maximum Gasteiger partial charge on any atom is 0.290 e. The van der Waals surface area contributed by atoms with E-state index in [2.05, 4.69) is 15.0 Å². The minimum Gasteiger partial charge on any atom is -0.333 e. The first-order valence-corrected chi connectivity index (χ1v) is 8.44. The summed E-state index contributed by atoms with van der Waals surface area (Å²) in [6, 6.07) is 4.51. The highest BCUT2D eigenvalue weighted by Crippen LogP contribution is 2.32. The van der Waals surface area contributed by atoms with Crippen molar-refractivity contribution >= 4 is 28.5 Å². The largest absolute Gasteiger partial charge is 0.333 e. The number of aromatic nitrogens is 3. The number of pyridine rings is 1. The van der Waals surface area contributed by atoms with Crippen molar-refractivity contribution < 1.29 is 9.18 Å². The normalized spacial score (nSPS) is 17.0. The standard InChI is InChI=1S/C18H16ClFN4O/c1-9-5-7-21-13-6-8-24(10(2)14(9)13)18(25)17-22-15-11(19)3-4-12(20)16(15)23-17/h3-5,7,10H,6,8H2,1-2H3,(H,22,23). The van der Waals surface area contributed by atoms with Gasteiger partial charge < -0.3 is 9.88 Å². The van der Waals surface area contributed by atoms with Crippen LogP contribution >= 0.6 is 11.6 Å². The van der Waals surface area contributed by atoms with Gasteiger partial charge in [-0.2, -0.15) is 0 Å². The second kappa shape index (κ2) is 5.81. The SMILES string of the molecule is Cc1ccnc2c1C(C)N(C(=O)c1nc3c(F)ccc(Cl)c3[nH]1)CC2. The van der Waals surface area contributed by atoms with Crippen molar-refractivity contribution in [1.82, 2.24) is 19.9 Å². The molecule has 1 aliphatic heterocycles. The zero-order valence-corrected chi connectivity index (χ0v) is 14.6. The summed E-state index contributed by atoms with van der Waals surface area (Å²) >= 11 is 6.08. The van der Waals surface area contributed by atoms with E-state index in [1.807, 2.05) is 19.9 Å². The quantitative estimate of drug-likeness (QED) is 0.719. The summed E-state index contributed by atoms with van der Waals surface area (Å²) < 4.78 is 13.9. The summed E-state index contributed by atoms with van der Waals surface area (Å²) in [5.74, 6) is -0.682. The van der Waals surface area contributed by atoms with Gasteiger partial charge >= 0.3 is 0 Å². The van der Waals surface area contributed by atoms with E-state index in [0.29, 0.717) is 23.5 Å². The number of halogens is 2. The van der Waals surface area contributed by atoms with Gasteiger partial charge in [0.15, 0.2) is 11.6 Å². The van der Waals surface area contributed by atoms with Crippen molar-refractivity contribution in [3.05, 3.63) is 57.9 Å². The van der Waals surface area contributed by atoms with Crippen molar-refractivity contribution in [2.24, 2.45) is 0 Å². The van der Waals surface area contributed by atoms with Gasteiger partial charge in [-0.1, -0.05) is 11.6 Å². The number of amides is 1. The minimum absolute atomic E-state index is 0.0822. The molecule has 3 heterocycles. The Morgan fingerprint density at radius 2 is 2.20 bits per heavy atom. The second-order valence-corrected chi connectivity index (χ2v) is 6.66. The third-order valence-corrected chi connectivity index (χ3v) is 5.09. The first-order chi connectivity index (χ1) is 12.0. The van der Waals surface area contributed by atoms with Crippen LogP contribution in [0.3, 0.4) is 0 Å². The number of nitrogens with one attached hydrogen (secondary N) is 1. The van der Waals surface area contributed by atoms with Crippen LogP contribution in [0.1, 0.15) is 40.4 Å². The molecule has 0 spiro atoms. The van der Waals surface area contributed by atoms with E-state index < -0.39 is 5.82 Å². The Bertz CT molecular complexity index is 961. The summed E-state index contributed by atoms with van der Waals surface area (Å²) in [4.78, 5) is 26.1. The smallest absolute Gasteiger partial charge is 0.290 e. The molecule has 128 valence electrons. The number of rotatable bonds is 1. The van der Waals surface area contributed by atoms with Gasteiger partial charge in [0, 0.05) is 24.9 Å². The summed E-state index contributed by atoms with van der Waals surface area (Å²) in [5.41, 5.74) is 3.62. The lowest BCUT2D eigenvalue weighted by Gasteiger charge is -2.35. The number of carbonyl (C=O) groups excluding carboxylic acids is 1. The lowest BCUT2D eigenvalue weighted by Crippen LogP contribution is -2.40. The van der Waals surface area contributed by atoms with E-state index in [9.17, 15) is 9.18 Å². The molecule has 0 radical (unpaired) electrons. The molecule has 0 saturated carbocycles. The first kappa shape index (κ1) is 16.0. The van der Waals surface area contributed by atoms with Crippen LogP contribution < -0.4 is 0 Å². The Hall–Kier alpha value is -2.47. The van der Waals surface area contributed by atoms with Gasteiger partial charge in [-0.3, -0.25) is 9.78 Å². The molecule has 0 aliphatic carbocycles. The summed E-state index contributed by atoms with van der Waals surface area (Å²) in [6.07, 6.45) is 2.48. The van der Waals surface area contributed by atoms with Gasteiger partial charge in [-0.05, 0) is 43.2 Å². The monoisotopic (exact) mass is 358 g/mol. The molecule has 25 heavy (non-hydrogen) atoms. The molecule has 5 nitrogen and oxygen atoms in total. The number of benzene rings is 1. The molecule has 1 aliphatic rings. The molecular weight excluding hydrogens is 343 g/mol. The van der Waals surface area contributed by atoms with Gasteiger partial charge in [0.2, 0.25) is 0 Å². The molecule has 0 saturated heterocycles. The fourth-order valence-electron chi connectivity index (χ4n) is 3.51. The molecule has 0 bridgehead atoms. The Labute approximate surface area is 148 Å². The minimum atomic E-state index is -0.508. The number of hydrogen-bond donors (Lipinski definition) is 1. The van der Waals surface area contributed by atoms with Crippen LogP contribution in [-0.4, -0.2) is 32.3 Å². The van der Waals surface area contributed by atoms with E-state index in [4.69, 9.17) is 11.6 Å². The number of imidazole rings is 1. The maximum atomic E-state index is 13.9. The van der Waals surface area contributed by atoms with Crippen LogP contribution in [-0.2, 0) is 6.42 Å². The highest BCUT2D eigenvalue weighted by atomic mass is 35.5. The van der Waals surface area contributed by atoms with E-state index in [-0.39, 0.29) is 23.3 Å². The van der Waals surface area contributed by atoms with Crippen molar-refractivity contribution in [1.29, 1.82) is 0 Å². The Morgan fingerprint density at radius 3 is 2.96 bits per heavy atom. The van der Waals surface area contributed by atoms with Crippen LogP contribution in [0.2, 0.25) is 5.02 Å². The van der Waals surface area contributed by atoms with E-state index >= 15 is 0 Å². The maximum absolute atomic E-state index is 13.9. The van der Waals surface area contributed by atoms with E-state index in [0.717, 1.165) is 16.8 Å². The zero-order valence-electron chi connectivity index (χ0n) is 13.8. The highest BCUT2D eigenvalue weighted by molar-refractivity contribution is 6.35. The fourth-order valence-corrected chi connectivity index (χ4v) is 3.71. The molecule has 1 atom stereocenters. The fraction of sp³-hybridized carbons (Fsp3) is 0.278. The van der Waals surface area contributed by atoms with Crippen molar-refractivity contribution in [3.63, 3.8) is 0 Å². The molecule has 2 aromatic heterocycles. The van der Waals surface area contributed by atoms with Crippen LogP contribution in [0.4, 0.5) is 4.39 Å². The lowest BCUT2D eigenvalue weighted by atomic mass is 9.94. The predicted molar refractivity (Wildman–Crippen MR) is 93.2 cm³/mol. The molecule has 7 heteroatoms. The van der Waals surface area contributed by atoms with Gasteiger partial charge in [-0.25, -0.2) is 9.37 Å². The number of fused-ring (bicyclic) bond motifs is 2. The highest BCUT2D eigenvalue weighted by Gasteiger charge is 2.31. The van der Waals surface area contributed by atoms with Gasteiger partial charge in [0.1, 0.15) is 5.52 Å². The molecule has 1 aromatic carbocycles. The lowest BCUT2D eigenvalue weighted by molar-refractivity contribution is 0.0664. The average molecular weight is 359 g/mol. The van der Waals surface area contributed by atoms with E-state index in [1.165, 1.54) is 12.1 Å². The molecule has 3 aromatic rings. The number of aryl methyl sites for hydroxylation is 1. The van der Waals surface area contributed by atoms with Crippen LogP contribution in [0, 0.1) is 12.7 Å². The molecule has 4 rings (SSSR count). The number of carbonyl (C=O) groups is 1. The molecule has 1 unspecified atom stereocenters. The van der Waals surface area contributed by atoms with Crippen molar-refractivity contribution in [3.8, 4) is 0 Å². The van der Waals surface area contributed by atoms with Crippen LogP contribution in [0.25, 0.3) is 11.0 Å². The Kier molecular flexibility index (Phi) is 3.72. The van der Waals surface area contributed by atoms with Crippen LogP contribution in [0.5, 0.6) is 0 Å². The average Bonchev–Trinajstić information content (AvgIpc) is 3.05. The first-order valence-electron chi connectivity index (χ1n) is 8.06. The van der Waals surface area contributed by atoms with Gasteiger partial charge in [0.25, 0.3) is 5.91 Å². The third-order valence-electron chi connectivity index (χ3n) is 4.77. The van der Waals surface area contributed by atoms with Gasteiger partial charge in [-0.15, -0.1) is 0 Å². The van der Waals surface area contributed by atoms with E-state index in [1.54, 1.807) is 11.1 Å². The number of nitrogens with zero attached hydrogens (tertiary/aromatic N) is 3. The second-order valence-electron chi connectivity index (χ2n) is 6.25. The molecular formula is C18H16ClFN4O. The Balaban J connectivity index is 1.74. The number of aromatic amines is 1. The molecule has 1 N–H and O–H groups in total. The van der Waals surface area contributed by atoms with Crippen LogP contribution in [0.15, 0.2) is 24.4 Å². The topological polar surface area (TPSA) is 61.9 Å². The summed E-state index contributed by atoms with van der Waals surface area (Å²) in [7, 11) is 0. The Morgan fingerprint density at radius 1 is 1.40 bits per heavy atom. The predicted octanol–water partition coefficient (Wildman–Crippen LogP) is 3.82.